The third kappa shape index (κ3) is 4.25. The first-order valence-corrected chi connectivity index (χ1v) is 9.15. The van der Waals surface area contributed by atoms with Gasteiger partial charge >= 0.3 is 0 Å². The van der Waals surface area contributed by atoms with E-state index in [0.717, 1.165) is 25.7 Å². The summed E-state index contributed by atoms with van der Waals surface area (Å²) < 4.78 is 23.0. The monoisotopic (exact) mass is 349 g/mol. The number of amides is 1. The molecule has 6 heteroatoms. The number of nitrogens with one attached hydrogen (secondary N) is 1. The van der Waals surface area contributed by atoms with Crippen molar-refractivity contribution in [2.45, 2.75) is 51.4 Å². The Bertz CT molecular complexity index is 597. The molecule has 138 valence electrons. The number of hydrogen-bond donors (Lipinski definition) is 1. The Morgan fingerprint density at radius 3 is 2.64 bits per heavy atom. The minimum absolute atomic E-state index is 0.0869. The molecule has 2 aliphatic rings. The molecule has 1 aliphatic carbocycles. The molecule has 1 atom stereocenters. The van der Waals surface area contributed by atoms with Crippen LogP contribution in [0.25, 0.3) is 0 Å². The fourth-order valence-electron chi connectivity index (χ4n) is 3.39. The van der Waals surface area contributed by atoms with Crippen LogP contribution in [0.15, 0.2) is 18.2 Å². The first-order chi connectivity index (χ1) is 12.2. The zero-order chi connectivity index (χ0) is 17.7. The number of ether oxygens (including phenoxy) is 4. The molecule has 1 aliphatic heterocycles. The van der Waals surface area contributed by atoms with Gasteiger partial charge in [0.1, 0.15) is 6.10 Å². The molecule has 0 aromatic heterocycles. The van der Waals surface area contributed by atoms with Crippen LogP contribution in [0.2, 0.25) is 0 Å². The SMILES string of the molecule is CCOc1ccc(C(=O)NC[C@@H]2COC3(CCCC3)O2)cc1OCC. The second kappa shape index (κ2) is 8.06. The molecule has 1 aromatic rings. The van der Waals surface area contributed by atoms with Crippen molar-refractivity contribution >= 4 is 5.91 Å². The number of carbonyl (C=O) groups is 1. The lowest BCUT2D eigenvalue weighted by Crippen LogP contribution is -2.35. The fourth-order valence-corrected chi connectivity index (χ4v) is 3.39. The second-order valence-corrected chi connectivity index (χ2v) is 6.41. The minimum Gasteiger partial charge on any atom is -0.490 e. The summed E-state index contributed by atoms with van der Waals surface area (Å²) in [7, 11) is 0. The van der Waals surface area contributed by atoms with Crippen molar-refractivity contribution in [3.8, 4) is 11.5 Å². The van der Waals surface area contributed by atoms with Crippen LogP contribution in [0.3, 0.4) is 0 Å². The van der Waals surface area contributed by atoms with Crippen molar-refractivity contribution in [2.24, 2.45) is 0 Å². The first kappa shape index (κ1) is 18.0. The Hall–Kier alpha value is -1.79. The second-order valence-electron chi connectivity index (χ2n) is 6.41. The average Bonchev–Trinajstić information content (AvgIpc) is 3.24. The summed E-state index contributed by atoms with van der Waals surface area (Å²) in [6.07, 6.45) is 4.11. The molecule has 1 aromatic carbocycles. The van der Waals surface area contributed by atoms with E-state index in [0.29, 0.717) is 43.4 Å². The fraction of sp³-hybridized carbons (Fsp3) is 0.632. The van der Waals surface area contributed by atoms with Crippen LogP contribution < -0.4 is 14.8 Å². The third-order valence-electron chi connectivity index (χ3n) is 4.57. The zero-order valence-electron chi connectivity index (χ0n) is 15.0. The first-order valence-electron chi connectivity index (χ1n) is 9.15. The predicted molar refractivity (Wildman–Crippen MR) is 93.1 cm³/mol. The molecule has 0 radical (unpaired) electrons. The van der Waals surface area contributed by atoms with E-state index in [1.807, 2.05) is 13.8 Å². The minimum atomic E-state index is -0.392. The number of hydrogen-bond acceptors (Lipinski definition) is 5. The summed E-state index contributed by atoms with van der Waals surface area (Å²) in [6.45, 7) is 5.86. The van der Waals surface area contributed by atoms with Crippen LogP contribution >= 0.6 is 0 Å². The Balaban J connectivity index is 1.56. The quantitative estimate of drug-likeness (QED) is 0.820. The highest BCUT2D eigenvalue weighted by molar-refractivity contribution is 5.94. The van der Waals surface area contributed by atoms with E-state index in [9.17, 15) is 4.79 Å². The summed E-state index contributed by atoms with van der Waals surface area (Å²) in [6, 6.07) is 5.23. The van der Waals surface area contributed by atoms with Crippen LogP contribution in [-0.2, 0) is 9.47 Å². The van der Waals surface area contributed by atoms with E-state index in [1.165, 1.54) is 0 Å². The molecule has 1 saturated carbocycles. The van der Waals surface area contributed by atoms with Crippen LogP contribution in [0.4, 0.5) is 0 Å². The maximum absolute atomic E-state index is 12.4. The molecule has 25 heavy (non-hydrogen) atoms. The highest BCUT2D eigenvalue weighted by Gasteiger charge is 2.43. The van der Waals surface area contributed by atoms with Crippen LogP contribution in [0.1, 0.15) is 49.9 Å². The van der Waals surface area contributed by atoms with Crippen molar-refractivity contribution in [1.29, 1.82) is 0 Å². The van der Waals surface area contributed by atoms with E-state index in [4.69, 9.17) is 18.9 Å². The van der Waals surface area contributed by atoms with Gasteiger partial charge in [-0.2, -0.15) is 0 Å². The summed E-state index contributed by atoms with van der Waals surface area (Å²) in [5, 5.41) is 2.93. The third-order valence-corrected chi connectivity index (χ3v) is 4.57. The Kier molecular flexibility index (Phi) is 5.81. The molecule has 1 spiro atoms. The highest BCUT2D eigenvalue weighted by Crippen LogP contribution is 2.39. The van der Waals surface area contributed by atoms with E-state index in [1.54, 1.807) is 18.2 Å². The van der Waals surface area contributed by atoms with Gasteiger partial charge in [0, 0.05) is 24.9 Å². The molecule has 2 fully saturated rings. The Labute approximate surface area is 148 Å². The summed E-state index contributed by atoms with van der Waals surface area (Å²) in [5.74, 6) is 0.690. The van der Waals surface area contributed by atoms with Crippen molar-refractivity contribution in [2.75, 3.05) is 26.4 Å². The maximum Gasteiger partial charge on any atom is 0.251 e. The lowest BCUT2D eigenvalue weighted by atomic mass is 10.2. The normalized spacial score (nSPS) is 21.4. The van der Waals surface area contributed by atoms with Crippen molar-refractivity contribution in [1.82, 2.24) is 5.32 Å². The Morgan fingerprint density at radius 2 is 1.92 bits per heavy atom. The lowest BCUT2D eigenvalue weighted by molar-refractivity contribution is -0.161. The summed E-state index contributed by atoms with van der Waals surface area (Å²) >= 11 is 0. The zero-order valence-corrected chi connectivity index (χ0v) is 15.0. The molecule has 1 amide bonds. The molecule has 1 N–H and O–H groups in total. The molecule has 1 saturated heterocycles. The number of carbonyl (C=O) groups excluding carboxylic acids is 1. The van der Waals surface area contributed by atoms with Crippen molar-refractivity contribution in [3.05, 3.63) is 23.8 Å². The molecule has 0 unspecified atom stereocenters. The van der Waals surface area contributed by atoms with E-state index in [2.05, 4.69) is 5.32 Å². The van der Waals surface area contributed by atoms with Crippen LogP contribution in [0, 0.1) is 0 Å². The molecule has 0 bridgehead atoms. The van der Waals surface area contributed by atoms with Gasteiger partial charge < -0.3 is 24.3 Å². The molecule has 6 nitrogen and oxygen atoms in total. The Morgan fingerprint density at radius 1 is 1.20 bits per heavy atom. The van der Waals surface area contributed by atoms with Gasteiger partial charge in [-0.05, 0) is 44.9 Å². The molecule has 1 heterocycles. The van der Waals surface area contributed by atoms with Gasteiger partial charge in [-0.15, -0.1) is 0 Å². The van der Waals surface area contributed by atoms with Crippen molar-refractivity contribution < 1.29 is 23.7 Å². The van der Waals surface area contributed by atoms with E-state index in [-0.39, 0.29) is 12.0 Å². The van der Waals surface area contributed by atoms with Gasteiger partial charge in [-0.1, -0.05) is 0 Å². The van der Waals surface area contributed by atoms with Gasteiger partial charge in [0.05, 0.1) is 19.8 Å². The lowest BCUT2D eigenvalue weighted by Gasteiger charge is -2.22. The summed E-state index contributed by atoms with van der Waals surface area (Å²) in [4.78, 5) is 12.4. The molecule has 3 rings (SSSR count). The highest BCUT2D eigenvalue weighted by atomic mass is 16.7. The standard InChI is InChI=1S/C19H27NO5/c1-3-22-16-8-7-14(11-17(16)23-4-2)18(21)20-12-15-13-24-19(25-15)9-5-6-10-19/h7-8,11,15H,3-6,9-10,12-13H2,1-2H3,(H,20,21)/t15-/m1/s1. The van der Waals surface area contributed by atoms with E-state index < -0.39 is 5.79 Å². The largest absolute Gasteiger partial charge is 0.490 e. The van der Waals surface area contributed by atoms with Gasteiger partial charge in [-0.25, -0.2) is 0 Å². The smallest absolute Gasteiger partial charge is 0.251 e. The topological polar surface area (TPSA) is 66.0 Å². The maximum atomic E-state index is 12.4. The summed E-state index contributed by atoms with van der Waals surface area (Å²) in [5.41, 5.74) is 0.543. The van der Waals surface area contributed by atoms with Crippen molar-refractivity contribution in [3.63, 3.8) is 0 Å². The van der Waals surface area contributed by atoms with Crippen LogP contribution in [-0.4, -0.2) is 44.2 Å². The molecular weight excluding hydrogens is 322 g/mol. The van der Waals surface area contributed by atoms with Gasteiger partial charge in [-0.3, -0.25) is 4.79 Å². The number of benzene rings is 1. The predicted octanol–water partition coefficient (Wildman–Crippen LogP) is 2.90. The van der Waals surface area contributed by atoms with Gasteiger partial charge in [0.2, 0.25) is 0 Å². The molecular formula is C19H27NO5. The van der Waals surface area contributed by atoms with Gasteiger partial charge in [0.15, 0.2) is 17.3 Å². The average molecular weight is 349 g/mol. The number of rotatable bonds is 7. The van der Waals surface area contributed by atoms with Gasteiger partial charge in [0.25, 0.3) is 5.91 Å². The van der Waals surface area contributed by atoms with E-state index >= 15 is 0 Å². The van der Waals surface area contributed by atoms with Crippen LogP contribution in [0.5, 0.6) is 11.5 Å².